The quantitative estimate of drug-likeness (QED) is 0.797. The highest BCUT2D eigenvalue weighted by Gasteiger charge is 2.24. The molecule has 1 unspecified atom stereocenters. The Hall–Kier alpha value is -1.11. The fourth-order valence-corrected chi connectivity index (χ4v) is 3.35. The van der Waals surface area contributed by atoms with Gasteiger partial charge in [-0.2, -0.15) is 4.31 Å². The molecule has 3 N–H and O–H groups in total. The summed E-state index contributed by atoms with van der Waals surface area (Å²) in [5.74, 6) is 0. The van der Waals surface area contributed by atoms with Crippen molar-refractivity contribution in [3.63, 3.8) is 0 Å². The minimum absolute atomic E-state index is 0.0512. The summed E-state index contributed by atoms with van der Waals surface area (Å²) in [5, 5.41) is 9.28. The minimum Gasteiger partial charge on any atom is -0.398 e. The average molecular weight is 272 g/mol. The van der Waals surface area contributed by atoms with Gasteiger partial charge in [-0.15, -0.1) is 0 Å². The second-order valence-electron chi connectivity index (χ2n) is 4.61. The van der Waals surface area contributed by atoms with Crippen LogP contribution in [0.1, 0.15) is 18.1 Å². The Morgan fingerprint density at radius 3 is 2.44 bits per heavy atom. The van der Waals surface area contributed by atoms with Crippen molar-refractivity contribution >= 4 is 15.7 Å². The molecule has 0 radical (unpaired) electrons. The van der Waals surface area contributed by atoms with Crippen LogP contribution in [0.15, 0.2) is 17.0 Å². The predicted molar refractivity (Wildman–Crippen MR) is 71.8 cm³/mol. The molecule has 0 bridgehead atoms. The number of nitrogens with zero attached hydrogens (tertiary/aromatic N) is 1. The molecule has 1 atom stereocenters. The predicted octanol–water partition coefficient (Wildman–Crippen LogP) is 0.887. The van der Waals surface area contributed by atoms with Crippen molar-refractivity contribution in [3.8, 4) is 0 Å². The number of nitrogens with two attached hydrogens (primary N) is 1. The van der Waals surface area contributed by atoms with Crippen LogP contribution in [0.3, 0.4) is 0 Å². The molecule has 0 aliphatic rings. The van der Waals surface area contributed by atoms with Gasteiger partial charge in [0.05, 0.1) is 11.0 Å². The molecule has 1 aromatic rings. The molecule has 18 heavy (non-hydrogen) atoms. The molecular formula is C12H20N2O3S. The van der Waals surface area contributed by atoms with E-state index in [-0.39, 0.29) is 11.4 Å². The van der Waals surface area contributed by atoms with Crippen LogP contribution in [0.2, 0.25) is 0 Å². The summed E-state index contributed by atoms with van der Waals surface area (Å²) >= 11 is 0. The first-order valence-electron chi connectivity index (χ1n) is 5.67. The highest BCUT2D eigenvalue weighted by molar-refractivity contribution is 7.89. The molecule has 6 heteroatoms. The van der Waals surface area contributed by atoms with Gasteiger partial charge in [0.25, 0.3) is 0 Å². The van der Waals surface area contributed by atoms with Gasteiger partial charge in [0.2, 0.25) is 10.0 Å². The van der Waals surface area contributed by atoms with Gasteiger partial charge < -0.3 is 10.8 Å². The van der Waals surface area contributed by atoms with Crippen LogP contribution in [-0.2, 0) is 10.0 Å². The number of sulfonamides is 1. The standard InChI is InChI=1S/C12H20N2O3S/c1-8-5-11(13)10(3)12(6-8)18(16,17)14(4)7-9(2)15/h5-6,9,15H,7,13H2,1-4H3. The molecule has 5 nitrogen and oxygen atoms in total. The van der Waals surface area contributed by atoms with Gasteiger partial charge >= 0.3 is 0 Å². The van der Waals surface area contributed by atoms with Gasteiger partial charge in [0.15, 0.2) is 0 Å². The molecule has 0 aliphatic carbocycles. The van der Waals surface area contributed by atoms with Gasteiger partial charge in [0.1, 0.15) is 0 Å². The van der Waals surface area contributed by atoms with Gasteiger partial charge in [-0.25, -0.2) is 8.42 Å². The first-order valence-corrected chi connectivity index (χ1v) is 7.11. The third-order valence-corrected chi connectivity index (χ3v) is 4.70. The molecule has 1 aromatic carbocycles. The monoisotopic (exact) mass is 272 g/mol. The number of aliphatic hydroxyl groups is 1. The van der Waals surface area contributed by atoms with Crippen LogP contribution in [-0.4, -0.2) is 37.5 Å². The van der Waals surface area contributed by atoms with Gasteiger partial charge in [-0.1, -0.05) is 0 Å². The van der Waals surface area contributed by atoms with Crippen LogP contribution >= 0.6 is 0 Å². The molecule has 0 heterocycles. The minimum atomic E-state index is -3.62. The molecule has 0 saturated carbocycles. The number of likely N-dealkylation sites (N-methyl/N-ethyl adjacent to an activating group) is 1. The Balaban J connectivity index is 3.29. The maximum Gasteiger partial charge on any atom is 0.243 e. The largest absolute Gasteiger partial charge is 0.398 e. The number of benzene rings is 1. The van der Waals surface area contributed by atoms with E-state index in [1.807, 2.05) is 0 Å². The molecule has 1 rings (SSSR count). The second kappa shape index (κ2) is 5.26. The molecule has 0 saturated heterocycles. The van der Waals surface area contributed by atoms with Gasteiger partial charge in [-0.05, 0) is 44.0 Å². The van der Waals surface area contributed by atoms with E-state index in [4.69, 9.17) is 5.73 Å². The summed E-state index contributed by atoms with van der Waals surface area (Å²) in [6, 6.07) is 3.34. The van der Waals surface area contributed by atoms with E-state index in [2.05, 4.69) is 0 Å². The fraction of sp³-hybridized carbons (Fsp3) is 0.500. The third kappa shape index (κ3) is 3.01. The zero-order valence-corrected chi connectivity index (χ0v) is 12.0. The lowest BCUT2D eigenvalue weighted by molar-refractivity contribution is 0.171. The number of aryl methyl sites for hydroxylation is 1. The highest BCUT2D eigenvalue weighted by Crippen LogP contribution is 2.25. The lowest BCUT2D eigenvalue weighted by Gasteiger charge is -2.20. The Morgan fingerprint density at radius 2 is 1.94 bits per heavy atom. The van der Waals surface area contributed by atoms with Crippen molar-refractivity contribution in [2.45, 2.75) is 31.8 Å². The van der Waals surface area contributed by atoms with Gasteiger partial charge in [0, 0.05) is 19.3 Å². The molecule has 0 amide bonds. The van der Waals surface area contributed by atoms with Crippen LogP contribution < -0.4 is 5.73 Å². The van der Waals surface area contributed by atoms with E-state index in [1.54, 1.807) is 32.9 Å². The Kier molecular flexibility index (Phi) is 4.37. The molecule has 0 aliphatic heterocycles. The van der Waals surface area contributed by atoms with Crippen molar-refractivity contribution < 1.29 is 13.5 Å². The summed E-state index contributed by atoms with van der Waals surface area (Å²) in [7, 11) is -2.17. The van der Waals surface area contributed by atoms with E-state index in [0.717, 1.165) is 9.87 Å². The number of aliphatic hydroxyl groups excluding tert-OH is 1. The summed E-state index contributed by atoms with van der Waals surface area (Å²) in [6.45, 7) is 5.07. The first kappa shape index (κ1) is 14.9. The van der Waals surface area contributed by atoms with Crippen molar-refractivity contribution in [3.05, 3.63) is 23.3 Å². The van der Waals surface area contributed by atoms with Gasteiger partial charge in [-0.3, -0.25) is 0 Å². The number of rotatable bonds is 4. The number of nitrogen functional groups attached to an aromatic ring is 1. The van der Waals surface area contributed by atoms with Crippen molar-refractivity contribution in [2.75, 3.05) is 19.3 Å². The second-order valence-corrected chi connectivity index (χ2v) is 6.63. The molecular weight excluding hydrogens is 252 g/mol. The maximum absolute atomic E-state index is 12.4. The molecule has 102 valence electrons. The molecule has 0 spiro atoms. The zero-order valence-electron chi connectivity index (χ0n) is 11.1. The summed E-state index contributed by atoms with van der Waals surface area (Å²) in [5.41, 5.74) is 7.58. The van der Waals surface area contributed by atoms with E-state index in [1.165, 1.54) is 7.05 Å². The third-order valence-electron chi connectivity index (χ3n) is 2.75. The van der Waals surface area contributed by atoms with Crippen molar-refractivity contribution in [1.82, 2.24) is 4.31 Å². The molecule has 0 fully saturated rings. The lowest BCUT2D eigenvalue weighted by Crippen LogP contribution is -2.33. The van der Waals surface area contributed by atoms with Crippen LogP contribution in [0.25, 0.3) is 0 Å². The summed E-state index contributed by atoms with van der Waals surface area (Å²) in [6.07, 6.45) is -0.716. The Morgan fingerprint density at radius 1 is 1.39 bits per heavy atom. The smallest absolute Gasteiger partial charge is 0.243 e. The SMILES string of the molecule is Cc1cc(N)c(C)c(S(=O)(=O)N(C)CC(C)O)c1. The number of hydrogen-bond donors (Lipinski definition) is 2. The normalized spacial score (nSPS) is 13.9. The van der Waals surface area contributed by atoms with E-state index in [0.29, 0.717) is 11.3 Å². The number of hydrogen-bond acceptors (Lipinski definition) is 4. The highest BCUT2D eigenvalue weighted by atomic mass is 32.2. The molecule has 0 aromatic heterocycles. The Bertz CT molecular complexity index is 538. The van der Waals surface area contributed by atoms with E-state index < -0.39 is 16.1 Å². The zero-order chi connectivity index (χ0) is 14.1. The summed E-state index contributed by atoms with van der Waals surface area (Å²) < 4.78 is 25.8. The van der Waals surface area contributed by atoms with Crippen LogP contribution in [0.4, 0.5) is 5.69 Å². The maximum atomic E-state index is 12.4. The Labute approximate surface area is 108 Å². The number of anilines is 1. The topological polar surface area (TPSA) is 83.6 Å². The van der Waals surface area contributed by atoms with Crippen molar-refractivity contribution in [2.24, 2.45) is 0 Å². The average Bonchev–Trinajstić information content (AvgIpc) is 2.22. The van der Waals surface area contributed by atoms with E-state index >= 15 is 0 Å². The lowest BCUT2D eigenvalue weighted by atomic mass is 10.1. The van der Waals surface area contributed by atoms with E-state index in [9.17, 15) is 13.5 Å². The first-order chi connectivity index (χ1) is 8.16. The fourth-order valence-electron chi connectivity index (χ4n) is 1.76. The van der Waals surface area contributed by atoms with Crippen LogP contribution in [0.5, 0.6) is 0 Å². The van der Waals surface area contributed by atoms with Crippen molar-refractivity contribution in [1.29, 1.82) is 0 Å². The summed E-state index contributed by atoms with van der Waals surface area (Å²) in [4.78, 5) is 0.197. The van der Waals surface area contributed by atoms with Crippen LogP contribution in [0, 0.1) is 13.8 Å².